The van der Waals surface area contributed by atoms with Crippen LogP contribution < -0.4 is 5.73 Å². The third kappa shape index (κ3) is 4.29. The predicted octanol–water partition coefficient (Wildman–Crippen LogP) is 4.00. The van der Waals surface area contributed by atoms with E-state index in [1.807, 2.05) is 43.3 Å². The Hall–Kier alpha value is -1.82. The van der Waals surface area contributed by atoms with Crippen molar-refractivity contribution in [3.63, 3.8) is 0 Å². The molecule has 2 N–H and O–H groups in total. The van der Waals surface area contributed by atoms with Crippen LogP contribution >= 0.6 is 0 Å². The molecule has 2 aliphatic rings. The number of carbonyl (C=O) groups excluding carboxylic acids is 1. The fraction of sp³-hybridized carbons (Fsp3) is 0.550. The molecule has 3 rings (SSSR count). The number of amides is 1. The Kier molecular flexibility index (Phi) is 5.42. The number of hydrogen-bond donors (Lipinski definition) is 1. The zero-order valence-corrected chi connectivity index (χ0v) is 14.9. The molecule has 0 bridgehead atoms. The molecule has 1 amide bonds. The van der Waals surface area contributed by atoms with E-state index in [4.69, 9.17) is 5.73 Å². The van der Waals surface area contributed by atoms with E-state index in [1.165, 1.54) is 0 Å². The molecule has 0 unspecified atom stereocenters. The van der Waals surface area contributed by atoms with Crippen molar-refractivity contribution in [3.05, 3.63) is 41.5 Å². The van der Waals surface area contributed by atoms with Gasteiger partial charge in [-0.05, 0) is 37.2 Å². The number of benzene rings is 1. The molecule has 2 aliphatic carbocycles. The van der Waals surface area contributed by atoms with E-state index in [9.17, 15) is 18.0 Å². The number of hydrogen-bond acceptors (Lipinski definition) is 2. The molecule has 1 aromatic rings. The molecule has 142 valence electrons. The quantitative estimate of drug-likeness (QED) is 0.827. The lowest BCUT2D eigenvalue weighted by Gasteiger charge is -2.37. The van der Waals surface area contributed by atoms with Crippen LogP contribution in [0.15, 0.2) is 35.9 Å². The molecule has 0 radical (unpaired) electrons. The lowest BCUT2D eigenvalue weighted by Crippen LogP contribution is -2.49. The molecular weight excluding hydrogens is 341 g/mol. The number of nitrogens with two attached hydrogens (primary N) is 1. The van der Waals surface area contributed by atoms with E-state index < -0.39 is 12.1 Å². The summed E-state index contributed by atoms with van der Waals surface area (Å²) in [5.74, 6) is -1.61. The summed E-state index contributed by atoms with van der Waals surface area (Å²) < 4.78 is 39.2. The SMILES string of the molecule is CC/C(=C\c1ccccc1)[C@@H]1C[C@H]1N(C[C@H]1C[C@H](N)C1)C(=O)C(F)(F)F. The lowest BCUT2D eigenvalue weighted by atomic mass is 9.80. The van der Waals surface area contributed by atoms with Gasteiger partial charge in [-0.25, -0.2) is 0 Å². The first-order chi connectivity index (χ1) is 12.3. The van der Waals surface area contributed by atoms with Crippen LogP contribution in [-0.2, 0) is 4.79 Å². The minimum atomic E-state index is -4.82. The first kappa shape index (κ1) is 19.0. The van der Waals surface area contributed by atoms with Gasteiger partial charge < -0.3 is 10.6 Å². The van der Waals surface area contributed by atoms with E-state index >= 15 is 0 Å². The smallest absolute Gasteiger partial charge is 0.331 e. The summed E-state index contributed by atoms with van der Waals surface area (Å²) >= 11 is 0. The lowest BCUT2D eigenvalue weighted by molar-refractivity contribution is -0.187. The van der Waals surface area contributed by atoms with Gasteiger partial charge in [0, 0.05) is 24.5 Å². The van der Waals surface area contributed by atoms with Crippen LogP contribution in [0.1, 0.15) is 38.2 Å². The number of carbonyl (C=O) groups is 1. The zero-order valence-electron chi connectivity index (χ0n) is 14.9. The van der Waals surface area contributed by atoms with Crippen LogP contribution in [0.25, 0.3) is 6.08 Å². The molecule has 6 heteroatoms. The number of rotatable bonds is 6. The van der Waals surface area contributed by atoms with Crippen LogP contribution in [-0.4, -0.2) is 35.6 Å². The molecule has 2 saturated carbocycles. The van der Waals surface area contributed by atoms with Gasteiger partial charge in [0.05, 0.1) is 0 Å². The maximum Gasteiger partial charge on any atom is 0.471 e. The Morgan fingerprint density at radius 1 is 1.23 bits per heavy atom. The fourth-order valence-electron chi connectivity index (χ4n) is 3.91. The largest absolute Gasteiger partial charge is 0.471 e. The second kappa shape index (κ2) is 7.43. The molecular formula is C20H25F3N2O. The van der Waals surface area contributed by atoms with Gasteiger partial charge in [0.1, 0.15) is 0 Å². The summed E-state index contributed by atoms with van der Waals surface area (Å²) in [6.07, 6.45) is -0.0285. The molecule has 3 nitrogen and oxygen atoms in total. The van der Waals surface area contributed by atoms with Crippen molar-refractivity contribution in [2.75, 3.05) is 6.54 Å². The van der Waals surface area contributed by atoms with Gasteiger partial charge in [0.15, 0.2) is 0 Å². The van der Waals surface area contributed by atoms with Gasteiger partial charge in [-0.15, -0.1) is 0 Å². The Bertz CT molecular complexity index is 665. The topological polar surface area (TPSA) is 46.3 Å². The normalized spacial score (nSPS) is 28.4. The Morgan fingerprint density at radius 2 is 1.88 bits per heavy atom. The first-order valence-electron chi connectivity index (χ1n) is 9.18. The van der Waals surface area contributed by atoms with Crippen LogP contribution in [0.4, 0.5) is 13.2 Å². The maximum atomic E-state index is 13.1. The van der Waals surface area contributed by atoms with E-state index in [1.54, 1.807) is 0 Å². The minimum absolute atomic E-state index is 0.0141. The summed E-state index contributed by atoms with van der Waals surface area (Å²) in [7, 11) is 0. The van der Waals surface area contributed by atoms with Crippen molar-refractivity contribution in [1.29, 1.82) is 0 Å². The van der Waals surface area contributed by atoms with Crippen molar-refractivity contribution in [2.24, 2.45) is 17.6 Å². The van der Waals surface area contributed by atoms with Gasteiger partial charge in [-0.3, -0.25) is 4.79 Å². The second-order valence-corrected chi connectivity index (χ2v) is 7.45. The molecule has 2 fully saturated rings. The molecule has 0 heterocycles. The minimum Gasteiger partial charge on any atom is -0.331 e. The monoisotopic (exact) mass is 366 g/mol. The van der Waals surface area contributed by atoms with Gasteiger partial charge in [-0.1, -0.05) is 48.9 Å². The third-order valence-electron chi connectivity index (χ3n) is 5.42. The molecule has 2 atom stereocenters. The van der Waals surface area contributed by atoms with E-state index in [-0.39, 0.29) is 30.5 Å². The third-order valence-corrected chi connectivity index (χ3v) is 5.42. The maximum absolute atomic E-state index is 13.1. The molecule has 0 spiro atoms. The predicted molar refractivity (Wildman–Crippen MR) is 95.1 cm³/mol. The standard InChI is InChI=1S/C20H25F3N2O/c1-2-15(8-13-6-4-3-5-7-13)17-11-18(17)25(19(26)20(21,22)23)12-14-9-16(24)10-14/h3-8,14,16-18H,2,9-12,24H2,1H3/b15-8+/t14-,16-,17-,18+/m0/s1. The highest BCUT2D eigenvalue weighted by Gasteiger charge is 2.52. The Balaban J connectivity index is 1.73. The van der Waals surface area contributed by atoms with Crippen molar-refractivity contribution in [1.82, 2.24) is 4.90 Å². The van der Waals surface area contributed by atoms with E-state index in [0.29, 0.717) is 19.3 Å². The summed E-state index contributed by atoms with van der Waals surface area (Å²) in [5.41, 5.74) is 7.89. The molecule has 0 saturated heterocycles. The van der Waals surface area contributed by atoms with E-state index in [2.05, 4.69) is 0 Å². The number of alkyl halides is 3. The van der Waals surface area contributed by atoms with Gasteiger partial charge >= 0.3 is 12.1 Å². The molecule has 0 aromatic heterocycles. The van der Waals surface area contributed by atoms with Crippen LogP contribution in [0.5, 0.6) is 0 Å². The molecule has 1 aromatic carbocycles. The number of nitrogens with zero attached hydrogens (tertiary/aromatic N) is 1. The van der Waals surface area contributed by atoms with Gasteiger partial charge in [0.25, 0.3) is 0 Å². The number of halogens is 3. The fourth-order valence-corrected chi connectivity index (χ4v) is 3.91. The highest BCUT2D eigenvalue weighted by Crippen LogP contribution is 2.45. The van der Waals surface area contributed by atoms with Crippen molar-refractivity contribution < 1.29 is 18.0 Å². The summed E-state index contributed by atoms with van der Waals surface area (Å²) in [4.78, 5) is 13.0. The average molecular weight is 366 g/mol. The Labute approximate surface area is 152 Å². The highest BCUT2D eigenvalue weighted by atomic mass is 19.4. The summed E-state index contributed by atoms with van der Waals surface area (Å²) in [6, 6.07) is 9.45. The van der Waals surface area contributed by atoms with Crippen LogP contribution in [0.2, 0.25) is 0 Å². The summed E-state index contributed by atoms with van der Waals surface area (Å²) in [5, 5.41) is 0. The zero-order chi connectivity index (χ0) is 18.9. The van der Waals surface area contributed by atoms with Crippen molar-refractivity contribution in [3.8, 4) is 0 Å². The average Bonchev–Trinajstić information content (AvgIpc) is 3.35. The second-order valence-electron chi connectivity index (χ2n) is 7.45. The molecule has 0 aliphatic heterocycles. The van der Waals surface area contributed by atoms with Gasteiger partial charge in [-0.2, -0.15) is 13.2 Å². The van der Waals surface area contributed by atoms with Gasteiger partial charge in [0.2, 0.25) is 0 Å². The summed E-state index contributed by atoms with van der Waals surface area (Å²) in [6.45, 7) is 2.17. The van der Waals surface area contributed by atoms with E-state index in [0.717, 1.165) is 22.5 Å². The highest BCUT2D eigenvalue weighted by molar-refractivity contribution is 5.82. The molecule has 26 heavy (non-hydrogen) atoms. The first-order valence-corrected chi connectivity index (χ1v) is 9.18. The Morgan fingerprint density at radius 3 is 2.42 bits per heavy atom. The van der Waals surface area contributed by atoms with Crippen molar-refractivity contribution >= 4 is 12.0 Å². The van der Waals surface area contributed by atoms with Crippen LogP contribution in [0, 0.1) is 11.8 Å². The van der Waals surface area contributed by atoms with Crippen LogP contribution in [0.3, 0.4) is 0 Å². The van der Waals surface area contributed by atoms with Crippen molar-refractivity contribution in [2.45, 2.75) is 50.9 Å².